The zero-order valence-corrected chi connectivity index (χ0v) is 19.0. The molecular formula is C23H27F3N4O4. The second-order valence-electron chi connectivity index (χ2n) is 8.08. The van der Waals surface area contributed by atoms with E-state index in [2.05, 4.69) is 15.3 Å². The van der Waals surface area contributed by atoms with E-state index in [0.29, 0.717) is 41.0 Å². The van der Waals surface area contributed by atoms with Gasteiger partial charge < -0.3 is 20.1 Å². The van der Waals surface area contributed by atoms with Crippen LogP contribution in [0.2, 0.25) is 0 Å². The monoisotopic (exact) mass is 480 g/mol. The molecule has 0 radical (unpaired) electrons. The molecular weight excluding hydrogens is 453 g/mol. The van der Waals surface area contributed by atoms with Crippen molar-refractivity contribution in [3.05, 3.63) is 52.6 Å². The number of ether oxygens (including phenoxy) is 1. The fraction of sp³-hybridized carbons (Fsp3) is 0.478. The molecule has 34 heavy (non-hydrogen) atoms. The summed E-state index contributed by atoms with van der Waals surface area (Å²) in [7, 11) is 0. The number of carbonyl (C=O) groups excluding carboxylic acids is 2. The second kappa shape index (κ2) is 10.8. The van der Waals surface area contributed by atoms with E-state index < -0.39 is 25.2 Å². The highest BCUT2D eigenvalue weighted by atomic mass is 19.4. The van der Waals surface area contributed by atoms with Gasteiger partial charge >= 0.3 is 6.18 Å². The molecule has 2 N–H and O–H groups in total. The van der Waals surface area contributed by atoms with Gasteiger partial charge in [0.25, 0.3) is 5.91 Å². The van der Waals surface area contributed by atoms with Gasteiger partial charge in [-0.15, -0.1) is 0 Å². The number of aryl methyl sites for hydroxylation is 1. The fourth-order valence-corrected chi connectivity index (χ4v) is 3.68. The van der Waals surface area contributed by atoms with Crippen molar-refractivity contribution in [1.82, 2.24) is 20.2 Å². The summed E-state index contributed by atoms with van der Waals surface area (Å²) in [5.74, 6) is -0.196. The van der Waals surface area contributed by atoms with Crippen molar-refractivity contribution in [2.45, 2.75) is 51.9 Å². The lowest BCUT2D eigenvalue weighted by Gasteiger charge is -2.24. The first kappa shape index (κ1) is 25.4. The molecule has 2 aromatic rings. The van der Waals surface area contributed by atoms with Gasteiger partial charge in [-0.2, -0.15) is 13.2 Å². The van der Waals surface area contributed by atoms with E-state index in [1.54, 1.807) is 24.0 Å². The number of pyridine rings is 2. The molecule has 1 aliphatic heterocycles. The van der Waals surface area contributed by atoms with E-state index in [1.807, 2.05) is 6.92 Å². The van der Waals surface area contributed by atoms with Gasteiger partial charge in [-0.25, -0.2) is 0 Å². The van der Waals surface area contributed by atoms with Gasteiger partial charge in [-0.3, -0.25) is 19.6 Å². The molecule has 0 saturated carbocycles. The van der Waals surface area contributed by atoms with Crippen molar-refractivity contribution in [3.8, 4) is 5.75 Å². The van der Waals surface area contributed by atoms with Crippen LogP contribution >= 0.6 is 0 Å². The second-order valence-corrected chi connectivity index (χ2v) is 8.08. The highest BCUT2D eigenvalue weighted by Gasteiger charge is 2.34. The van der Waals surface area contributed by atoms with E-state index in [1.165, 1.54) is 12.4 Å². The number of aliphatic hydroxyl groups is 1. The summed E-state index contributed by atoms with van der Waals surface area (Å²) in [4.78, 5) is 35.5. The minimum atomic E-state index is -4.30. The van der Waals surface area contributed by atoms with Gasteiger partial charge in [0.1, 0.15) is 5.75 Å². The van der Waals surface area contributed by atoms with Crippen LogP contribution in [0, 0.1) is 6.92 Å². The first-order chi connectivity index (χ1) is 16.1. The molecule has 3 rings (SSSR count). The predicted molar refractivity (Wildman–Crippen MR) is 116 cm³/mol. The summed E-state index contributed by atoms with van der Waals surface area (Å²) in [6.07, 6.45) is -2.01. The molecule has 184 valence electrons. The molecule has 0 spiro atoms. The molecule has 1 aliphatic rings. The van der Waals surface area contributed by atoms with Gasteiger partial charge in [-0.1, -0.05) is 0 Å². The average molecular weight is 480 g/mol. The molecule has 3 heterocycles. The van der Waals surface area contributed by atoms with Gasteiger partial charge in [0, 0.05) is 37.0 Å². The van der Waals surface area contributed by atoms with E-state index in [4.69, 9.17) is 9.84 Å². The highest BCUT2D eigenvalue weighted by molar-refractivity contribution is 5.99. The van der Waals surface area contributed by atoms with Crippen molar-refractivity contribution in [2.75, 3.05) is 19.8 Å². The third-order valence-corrected chi connectivity index (χ3v) is 5.57. The number of aromatic nitrogens is 2. The minimum absolute atomic E-state index is 0.0191. The predicted octanol–water partition coefficient (Wildman–Crippen LogP) is 2.87. The highest BCUT2D eigenvalue weighted by Crippen LogP contribution is 2.33. The lowest BCUT2D eigenvalue weighted by molar-refractivity contribution is -0.139. The Morgan fingerprint density at radius 1 is 1.35 bits per heavy atom. The Bertz CT molecular complexity index is 1050. The number of nitrogens with zero attached hydrogens (tertiary/aromatic N) is 3. The Labute approximate surface area is 195 Å². The van der Waals surface area contributed by atoms with Crippen molar-refractivity contribution < 1.29 is 32.6 Å². The molecule has 0 bridgehead atoms. The van der Waals surface area contributed by atoms with Gasteiger partial charge in [0.05, 0.1) is 43.1 Å². The third kappa shape index (κ3) is 6.22. The number of amides is 2. The first-order valence-corrected chi connectivity index (χ1v) is 10.9. The topological polar surface area (TPSA) is 105 Å². The van der Waals surface area contributed by atoms with Crippen LogP contribution < -0.4 is 10.1 Å². The number of aliphatic hydroxyl groups excluding tert-OH is 1. The summed E-state index contributed by atoms with van der Waals surface area (Å²) >= 11 is 0. The molecule has 0 fully saturated rings. The number of alkyl halides is 3. The quantitative estimate of drug-likeness (QED) is 0.507. The third-order valence-electron chi connectivity index (χ3n) is 5.57. The maximum absolute atomic E-state index is 13.1. The zero-order chi connectivity index (χ0) is 24.9. The Kier molecular flexibility index (Phi) is 8.08. The average Bonchev–Trinajstić information content (AvgIpc) is 3.11. The lowest BCUT2D eigenvalue weighted by atomic mass is 10.1. The Hall–Kier alpha value is -3.21. The zero-order valence-electron chi connectivity index (χ0n) is 19.0. The molecule has 2 amide bonds. The SMILES string of the molecule is Cc1cc(C(C)N2Cc3c(ccnc3CC(=O)NCCCO)C2=O)ncc1OCCC(F)(F)F. The number of fused-ring (bicyclic) bond motifs is 1. The van der Waals surface area contributed by atoms with Crippen LogP contribution in [-0.2, 0) is 17.8 Å². The summed E-state index contributed by atoms with van der Waals surface area (Å²) < 4.78 is 42.3. The van der Waals surface area contributed by atoms with Crippen LogP contribution in [0.15, 0.2) is 24.5 Å². The van der Waals surface area contributed by atoms with Gasteiger partial charge in [-0.05, 0) is 38.0 Å². The van der Waals surface area contributed by atoms with Crippen LogP contribution in [0.3, 0.4) is 0 Å². The van der Waals surface area contributed by atoms with E-state index in [-0.39, 0.29) is 37.1 Å². The number of carbonyl (C=O) groups is 2. The largest absolute Gasteiger partial charge is 0.491 e. The van der Waals surface area contributed by atoms with Crippen LogP contribution in [-0.4, -0.2) is 57.7 Å². The van der Waals surface area contributed by atoms with Crippen molar-refractivity contribution >= 4 is 11.8 Å². The van der Waals surface area contributed by atoms with E-state index in [9.17, 15) is 22.8 Å². The lowest BCUT2D eigenvalue weighted by Crippen LogP contribution is -2.28. The first-order valence-electron chi connectivity index (χ1n) is 10.9. The molecule has 0 aromatic carbocycles. The molecule has 11 heteroatoms. The van der Waals surface area contributed by atoms with E-state index >= 15 is 0 Å². The van der Waals surface area contributed by atoms with Crippen LogP contribution in [0.4, 0.5) is 13.2 Å². The maximum Gasteiger partial charge on any atom is 0.392 e. The number of nitrogens with one attached hydrogen (secondary N) is 1. The number of rotatable bonds is 10. The summed E-state index contributed by atoms with van der Waals surface area (Å²) in [6, 6.07) is 2.89. The summed E-state index contributed by atoms with van der Waals surface area (Å²) in [5, 5.41) is 11.5. The standard InChI is InChI=1S/C23H27F3N4O4/c1-14-10-18(29-12-20(14)34-9-5-23(24,25)26)15(2)30-13-17-16(22(30)33)4-7-27-19(17)11-21(32)28-6-3-8-31/h4,7,10,12,15,31H,3,5-6,8-9,11,13H2,1-2H3,(H,28,32). The molecule has 1 atom stereocenters. The van der Waals surface area contributed by atoms with Crippen LogP contribution in [0.5, 0.6) is 5.75 Å². The smallest absolute Gasteiger partial charge is 0.392 e. The number of halogens is 3. The van der Waals surface area contributed by atoms with Crippen molar-refractivity contribution in [2.24, 2.45) is 0 Å². The van der Waals surface area contributed by atoms with Crippen LogP contribution in [0.25, 0.3) is 0 Å². The maximum atomic E-state index is 13.1. The van der Waals surface area contributed by atoms with E-state index in [0.717, 1.165) is 0 Å². The summed E-state index contributed by atoms with van der Waals surface area (Å²) in [6.45, 7) is 3.61. The Balaban J connectivity index is 1.70. The normalized spacial score (nSPS) is 14.2. The Morgan fingerprint density at radius 2 is 2.12 bits per heavy atom. The molecule has 0 aliphatic carbocycles. The molecule has 1 unspecified atom stereocenters. The van der Waals surface area contributed by atoms with Crippen LogP contribution in [0.1, 0.15) is 58.7 Å². The van der Waals surface area contributed by atoms with Gasteiger partial charge in [0.15, 0.2) is 0 Å². The minimum Gasteiger partial charge on any atom is -0.491 e. The summed E-state index contributed by atoms with van der Waals surface area (Å²) in [5.41, 5.74) is 2.85. The van der Waals surface area contributed by atoms with Gasteiger partial charge in [0.2, 0.25) is 5.91 Å². The number of hydrogen-bond acceptors (Lipinski definition) is 6. The number of hydrogen-bond donors (Lipinski definition) is 2. The fourth-order valence-electron chi connectivity index (χ4n) is 3.68. The van der Waals surface area contributed by atoms with Crippen molar-refractivity contribution in [1.29, 1.82) is 0 Å². The molecule has 2 aromatic heterocycles. The molecule has 8 nitrogen and oxygen atoms in total. The molecule has 0 saturated heterocycles. The van der Waals surface area contributed by atoms with Crippen molar-refractivity contribution in [3.63, 3.8) is 0 Å². The Morgan fingerprint density at radius 3 is 2.79 bits per heavy atom.